The van der Waals surface area contributed by atoms with Crippen LogP contribution in [0.3, 0.4) is 0 Å². The third-order valence-corrected chi connectivity index (χ3v) is 12.5. The first kappa shape index (κ1) is 26.5. The monoisotopic (exact) mass is 548 g/mol. The minimum Gasteiger partial charge on any atom is -0.458 e. The van der Waals surface area contributed by atoms with Gasteiger partial charge in [-0.3, -0.25) is 14.8 Å². The molecule has 0 amide bonds. The average molecular weight is 549 g/mol. The highest BCUT2D eigenvalue weighted by Crippen LogP contribution is 2.73. The van der Waals surface area contributed by atoms with E-state index < -0.39 is 17.1 Å². The van der Waals surface area contributed by atoms with Crippen molar-refractivity contribution >= 4 is 17.3 Å². The highest BCUT2D eigenvalue weighted by molar-refractivity contribution is 6.24. The largest absolute Gasteiger partial charge is 0.458 e. The highest BCUT2D eigenvalue weighted by atomic mass is 16.6. The number of Topliss-reactive ketones (excluding diaryl/α,β-unsaturated/α-hetero) is 1. The molecule has 0 radical (unpaired) electrons. The van der Waals surface area contributed by atoms with Gasteiger partial charge in [-0.05, 0) is 87.0 Å². The molecule has 0 bridgehead atoms. The van der Waals surface area contributed by atoms with Crippen molar-refractivity contribution in [2.75, 3.05) is 6.61 Å². The average Bonchev–Trinajstić information content (AvgIpc) is 3.58. The van der Waals surface area contributed by atoms with Gasteiger partial charge in [0.1, 0.15) is 17.8 Å². The number of allylic oxidation sites excluding steroid dienone is 1. The molecule has 8 nitrogen and oxygen atoms in total. The van der Waals surface area contributed by atoms with E-state index in [9.17, 15) is 19.8 Å². The molecule has 0 unspecified atom stereocenters. The quantitative estimate of drug-likeness (QED) is 0.432. The van der Waals surface area contributed by atoms with E-state index in [1.807, 2.05) is 13.8 Å². The summed E-state index contributed by atoms with van der Waals surface area (Å²) in [5.41, 5.74) is 0.703. The van der Waals surface area contributed by atoms with Crippen LogP contribution in [0.2, 0.25) is 0 Å². The predicted octanol–water partition coefficient (Wildman–Crippen LogP) is 3.67. The van der Waals surface area contributed by atoms with Crippen LogP contribution in [0, 0.1) is 40.4 Å². The molecule has 11 atom stereocenters. The summed E-state index contributed by atoms with van der Waals surface area (Å²) in [5.74, 6) is 1.14. The molecule has 4 aliphatic carbocycles. The number of epoxide rings is 1. The maximum Gasteiger partial charge on any atom is 0.336 e. The molecule has 3 saturated carbocycles. The van der Waals surface area contributed by atoms with Crippen molar-refractivity contribution in [1.82, 2.24) is 9.97 Å². The minimum atomic E-state index is -0.857. The second kappa shape index (κ2) is 8.79. The van der Waals surface area contributed by atoms with Gasteiger partial charge in [0.25, 0.3) is 0 Å². The number of ether oxygens (including phenoxy) is 2. The molecule has 2 N–H and O–H groups in total. The molecule has 3 heterocycles. The molecular weight excluding hydrogens is 508 g/mol. The van der Waals surface area contributed by atoms with Gasteiger partial charge >= 0.3 is 5.97 Å². The van der Waals surface area contributed by atoms with E-state index in [0.29, 0.717) is 41.0 Å². The summed E-state index contributed by atoms with van der Waals surface area (Å²) < 4.78 is 12.3. The van der Waals surface area contributed by atoms with E-state index in [-0.39, 0.29) is 47.8 Å². The SMILES string of the molecule is CC1=C(CO)C(=O)O[C@@H]([C@@H](C)[C@H]2CC[C@H]3[C@@H]4C[C@H]5O[C@]56[C@@H](O)C=C(c5cnccn5)C(=O)[C@]6(C)[C@H]4CC[C@]23C)C1. The van der Waals surface area contributed by atoms with E-state index in [0.717, 1.165) is 37.7 Å². The molecule has 1 aromatic rings. The lowest BCUT2D eigenvalue weighted by molar-refractivity contribution is -0.155. The standard InChI is InChI=1S/C32H40N2O6/c1-16-11-25(39-29(38)20(16)15-35)17(2)21-5-6-22-18-13-27-32(40-27)26(36)12-19(24-14-33-9-10-34-24)28(37)31(32,4)23(18)7-8-30(21,22)3/h9-10,12,14,17-18,21-23,25-27,35-36H,5-8,11,13,15H2,1-4H3/t17-,18-,21+,22-,23-,25+,26-,27+,30+,31-,32+/m0/s1. The molecule has 7 rings (SSSR count). The zero-order chi connectivity index (χ0) is 28.2. The van der Waals surface area contributed by atoms with Gasteiger partial charge in [-0.1, -0.05) is 19.4 Å². The summed E-state index contributed by atoms with van der Waals surface area (Å²) in [6.07, 6.45) is 10.9. The Hall–Kier alpha value is -2.42. The van der Waals surface area contributed by atoms with Crippen LogP contribution in [-0.2, 0) is 19.1 Å². The van der Waals surface area contributed by atoms with Gasteiger partial charge in [-0.2, -0.15) is 0 Å². The van der Waals surface area contributed by atoms with Gasteiger partial charge in [-0.15, -0.1) is 0 Å². The van der Waals surface area contributed by atoms with Gasteiger partial charge in [0.2, 0.25) is 0 Å². The van der Waals surface area contributed by atoms with E-state index in [1.54, 1.807) is 24.7 Å². The predicted molar refractivity (Wildman–Crippen MR) is 145 cm³/mol. The van der Waals surface area contributed by atoms with Crippen molar-refractivity contribution in [2.45, 2.75) is 90.1 Å². The molecular formula is C32H40N2O6. The van der Waals surface area contributed by atoms with E-state index in [4.69, 9.17) is 9.47 Å². The van der Waals surface area contributed by atoms with Crippen LogP contribution >= 0.6 is 0 Å². The smallest absolute Gasteiger partial charge is 0.336 e. The van der Waals surface area contributed by atoms with E-state index in [1.165, 1.54) is 0 Å². The normalized spacial score (nSPS) is 46.5. The number of aromatic nitrogens is 2. The van der Waals surface area contributed by atoms with Crippen molar-refractivity contribution < 1.29 is 29.3 Å². The Morgan fingerprint density at radius 2 is 1.95 bits per heavy atom. The number of cyclic esters (lactones) is 1. The topological polar surface area (TPSA) is 122 Å². The molecule has 6 aliphatic rings. The first-order valence-electron chi connectivity index (χ1n) is 15.0. The lowest BCUT2D eigenvalue weighted by atomic mass is 9.43. The number of carbonyl (C=O) groups is 2. The molecule has 214 valence electrons. The molecule has 1 saturated heterocycles. The van der Waals surface area contributed by atoms with Crippen LogP contribution in [-0.4, -0.2) is 62.5 Å². The third kappa shape index (κ3) is 3.24. The number of hydrogen-bond acceptors (Lipinski definition) is 8. The number of esters is 1. The van der Waals surface area contributed by atoms with Crippen LogP contribution in [0.15, 0.2) is 35.8 Å². The lowest BCUT2D eigenvalue weighted by Crippen LogP contribution is -2.64. The van der Waals surface area contributed by atoms with Gasteiger partial charge in [-0.25, -0.2) is 4.79 Å². The van der Waals surface area contributed by atoms with Gasteiger partial charge in [0, 0.05) is 24.4 Å². The number of aliphatic hydroxyl groups is 2. The van der Waals surface area contributed by atoms with Crippen LogP contribution in [0.1, 0.15) is 71.9 Å². The first-order chi connectivity index (χ1) is 19.1. The number of ketones is 1. The Labute approximate surface area is 235 Å². The maximum atomic E-state index is 14.4. The van der Waals surface area contributed by atoms with Gasteiger partial charge in [0.05, 0.1) is 35.6 Å². The van der Waals surface area contributed by atoms with E-state index >= 15 is 0 Å². The van der Waals surface area contributed by atoms with Gasteiger partial charge < -0.3 is 19.7 Å². The minimum absolute atomic E-state index is 0.0260. The summed E-state index contributed by atoms with van der Waals surface area (Å²) in [5, 5.41) is 21.0. The van der Waals surface area contributed by atoms with Crippen molar-refractivity contribution in [2.24, 2.45) is 40.4 Å². The van der Waals surface area contributed by atoms with Crippen molar-refractivity contribution in [1.29, 1.82) is 0 Å². The molecule has 0 aromatic carbocycles. The first-order valence-corrected chi connectivity index (χ1v) is 15.0. The number of carbonyl (C=O) groups excluding carboxylic acids is 2. The number of nitrogens with zero attached hydrogens (tertiary/aromatic N) is 2. The highest BCUT2D eigenvalue weighted by Gasteiger charge is 2.81. The summed E-state index contributed by atoms with van der Waals surface area (Å²) in [4.78, 5) is 35.5. The Balaban J connectivity index is 1.18. The Kier molecular flexibility index (Phi) is 5.82. The summed E-state index contributed by atoms with van der Waals surface area (Å²) >= 11 is 0. The van der Waals surface area contributed by atoms with Crippen molar-refractivity contribution in [3.8, 4) is 0 Å². The van der Waals surface area contributed by atoms with Gasteiger partial charge in [0.15, 0.2) is 5.78 Å². The molecule has 1 spiro atoms. The number of aliphatic hydroxyl groups excluding tert-OH is 2. The van der Waals surface area contributed by atoms with Crippen LogP contribution < -0.4 is 0 Å². The van der Waals surface area contributed by atoms with Crippen molar-refractivity contribution in [3.63, 3.8) is 0 Å². The molecule has 40 heavy (non-hydrogen) atoms. The lowest BCUT2D eigenvalue weighted by Gasteiger charge is -2.58. The number of hydrogen-bond donors (Lipinski definition) is 2. The zero-order valence-corrected chi connectivity index (χ0v) is 23.8. The summed E-state index contributed by atoms with van der Waals surface area (Å²) in [6.45, 7) is 8.36. The Morgan fingerprint density at radius 3 is 2.65 bits per heavy atom. The fraction of sp³-hybridized carbons (Fsp3) is 0.688. The summed E-state index contributed by atoms with van der Waals surface area (Å²) in [6, 6.07) is 0. The fourth-order valence-corrected chi connectivity index (χ4v) is 10.4. The third-order valence-electron chi connectivity index (χ3n) is 12.5. The number of rotatable bonds is 4. The fourth-order valence-electron chi connectivity index (χ4n) is 10.4. The zero-order valence-electron chi connectivity index (χ0n) is 23.8. The summed E-state index contributed by atoms with van der Waals surface area (Å²) in [7, 11) is 0. The van der Waals surface area contributed by atoms with Crippen LogP contribution in [0.4, 0.5) is 0 Å². The van der Waals surface area contributed by atoms with Crippen LogP contribution in [0.25, 0.3) is 5.57 Å². The molecule has 8 heteroatoms. The van der Waals surface area contributed by atoms with Crippen molar-refractivity contribution in [3.05, 3.63) is 41.5 Å². The molecule has 1 aromatic heterocycles. The maximum absolute atomic E-state index is 14.4. The second-order valence-corrected chi connectivity index (χ2v) is 13.8. The molecule has 2 aliphatic heterocycles. The molecule has 4 fully saturated rings. The van der Waals surface area contributed by atoms with E-state index in [2.05, 4.69) is 23.8 Å². The Bertz CT molecular complexity index is 1330. The Morgan fingerprint density at radius 1 is 1.15 bits per heavy atom. The number of fused-ring (bicyclic) bond motifs is 4. The van der Waals surface area contributed by atoms with Crippen LogP contribution in [0.5, 0.6) is 0 Å². The second-order valence-electron chi connectivity index (χ2n) is 13.8.